The van der Waals surface area contributed by atoms with Crippen LogP contribution in [0.1, 0.15) is 5.69 Å². The van der Waals surface area contributed by atoms with Crippen LogP contribution in [0.2, 0.25) is 0 Å². The van der Waals surface area contributed by atoms with E-state index < -0.39 is 5.43 Å². The van der Waals surface area contributed by atoms with Crippen LogP contribution in [0.4, 0.5) is 5.82 Å². The Morgan fingerprint density at radius 3 is 2.58 bits per heavy atom. The molecule has 0 saturated carbocycles. The lowest BCUT2D eigenvalue weighted by Crippen LogP contribution is -2.22. The Labute approximate surface area is 155 Å². The van der Waals surface area contributed by atoms with E-state index in [4.69, 9.17) is 5.73 Å². The van der Waals surface area contributed by atoms with Crippen LogP contribution < -0.4 is 11.2 Å². The highest BCUT2D eigenvalue weighted by molar-refractivity contribution is 9.10. The lowest BCUT2D eigenvalue weighted by molar-refractivity contribution is 0.838. The number of aromatic nitrogens is 4. The third-order valence-corrected chi connectivity index (χ3v) is 4.46. The van der Waals surface area contributed by atoms with Gasteiger partial charge in [0.05, 0.1) is 16.7 Å². The highest BCUT2D eigenvalue weighted by Gasteiger charge is 2.20. The van der Waals surface area contributed by atoms with Gasteiger partial charge in [0, 0.05) is 4.47 Å². The van der Waals surface area contributed by atoms with Crippen molar-refractivity contribution in [2.24, 2.45) is 0 Å². The molecule has 3 N–H and O–H groups in total. The molecule has 0 radical (unpaired) electrons. The number of para-hydroxylation sites is 2. The highest BCUT2D eigenvalue weighted by Crippen LogP contribution is 2.25. The van der Waals surface area contributed by atoms with Crippen LogP contribution in [0.25, 0.3) is 28.1 Å². The average Bonchev–Trinajstić information content (AvgIpc) is 3.06. The minimum absolute atomic E-state index is 0.107. The Hall–Kier alpha value is -3.44. The smallest absolute Gasteiger partial charge is 0.231 e. The lowest BCUT2D eigenvalue weighted by Gasteiger charge is -2.12. The first-order chi connectivity index (χ1) is 12.6. The third-order valence-electron chi connectivity index (χ3n) is 3.93. The molecule has 0 saturated heterocycles. The third kappa shape index (κ3) is 2.55. The van der Waals surface area contributed by atoms with Crippen molar-refractivity contribution in [1.29, 1.82) is 5.26 Å². The normalized spacial score (nSPS) is 10.8. The van der Waals surface area contributed by atoms with Gasteiger partial charge in [-0.25, -0.2) is 9.67 Å². The number of nitrogens with one attached hydrogen (secondary N) is 1. The van der Waals surface area contributed by atoms with Gasteiger partial charge in [-0.2, -0.15) is 10.4 Å². The number of rotatable bonds is 2. The van der Waals surface area contributed by atoms with E-state index in [1.807, 2.05) is 42.5 Å². The maximum atomic E-state index is 12.7. The molecule has 0 fully saturated rings. The largest absolute Gasteiger partial charge is 0.383 e. The van der Waals surface area contributed by atoms with E-state index in [-0.39, 0.29) is 17.1 Å². The van der Waals surface area contributed by atoms with Gasteiger partial charge in [-0.05, 0) is 36.4 Å². The summed E-state index contributed by atoms with van der Waals surface area (Å²) >= 11 is 3.37. The molecule has 0 aliphatic heterocycles. The molecule has 0 amide bonds. The molecule has 126 valence electrons. The Morgan fingerprint density at radius 1 is 1.15 bits per heavy atom. The first-order valence-electron chi connectivity index (χ1n) is 7.62. The number of nitrogen functional groups attached to an aromatic ring is 1. The van der Waals surface area contributed by atoms with Gasteiger partial charge in [-0.15, -0.1) is 0 Å². The number of hydrogen-bond acceptors (Lipinski definition) is 5. The molecular weight excluding hydrogens is 396 g/mol. The number of nitrogens with zero attached hydrogens (tertiary/aromatic N) is 4. The molecule has 0 unspecified atom stereocenters. The van der Waals surface area contributed by atoms with E-state index in [1.165, 1.54) is 4.68 Å². The summed E-state index contributed by atoms with van der Waals surface area (Å²) in [5.74, 6) is 0.411. The van der Waals surface area contributed by atoms with Gasteiger partial charge in [0.15, 0.2) is 0 Å². The SMILES string of the molecule is N#Cc1nn(-c2ccc(Br)cc2)c(N)c(-c2nc3ccccc3[nH]2)c1=O. The van der Waals surface area contributed by atoms with E-state index in [0.717, 1.165) is 9.99 Å². The van der Waals surface area contributed by atoms with Crippen molar-refractivity contribution < 1.29 is 0 Å². The quantitative estimate of drug-likeness (QED) is 0.530. The molecule has 0 aliphatic carbocycles. The molecule has 0 aliphatic rings. The number of H-pyrrole nitrogens is 1. The fraction of sp³-hybridized carbons (Fsp3) is 0. The number of hydrogen-bond donors (Lipinski definition) is 2. The van der Waals surface area contributed by atoms with E-state index in [9.17, 15) is 10.1 Å². The van der Waals surface area contributed by atoms with E-state index in [2.05, 4.69) is 31.0 Å². The molecular formula is C18H11BrN6O. The Morgan fingerprint density at radius 2 is 1.88 bits per heavy atom. The maximum absolute atomic E-state index is 12.7. The van der Waals surface area contributed by atoms with Crippen LogP contribution in [-0.4, -0.2) is 19.7 Å². The number of imidazole rings is 1. The Bertz CT molecular complexity index is 1200. The average molecular weight is 407 g/mol. The Balaban J connectivity index is 2.02. The number of nitriles is 1. The number of halogens is 1. The standard InChI is InChI=1S/C18H11BrN6O/c19-10-5-7-11(8-6-10)25-17(21)15(16(26)14(9-20)24-25)18-22-12-3-1-2-4-13(12)23-18/h1-8H,21H2,(H,22,23). The summed E-state index contributed by atoms with van der Waals surface area (Å²) in [5.41, 5.74) is 7.66. The minimum atomic E-state index is -0.558. The monoisotopic (exact) mass is 406 g/mol. The molecule has 0 bridgehead atoms. The predicted octanol–water partition coefficient (Wildman–Crippen LogP) is 2.99. The summed E-state index contributed by atoms with van der Waals surface area (Å²) in [7, 11) is 0. The van der Waals surface area contributed by atoms with Crippen molar-refractivity contribution >= 4 is 32.8 Å². The number of fused-ring (bicyclic) bond motifs is 1. The van der Waals surface area contributed by atoms with Crippen LogP contribution >= 0.6 is 15.9 Å². The molecule has 0 spiro atoms. The molecule has 2 aromatic carbocycles. The summed E-state index contributed by atoms with van der Waals surface area (Å²) in [6, 6.07) is 16.4. The zero-order chi connectivity index (χ0) is 18.3. The summed E-state index contributed by atoms with van der Waals surface area (Å²) in [4.78, 5) is 20.2. The number of benzene rings is 2. The maximum Gasteiger partial charge on any atom is 0.231 e. The second-order valence-corrected chi connectivity index (χ2v) is 6.46. The zero-order valence-corrected chi connectivity index (χ0v) is 14.9. The highest BCUT2D eigenvalue weighted by atomic mass is 79.9. The van der Waals surface area contributed by atoms with Crippen LogP contribution in [0.15, 0.2) is 57.8 Å². The second-order valence-electron chi connectivity index (χ2n) is 5.54. The lowest BCUT2D eigenvalue weighted by atomic mass is 10.2. The summed E-state index contributed by atoms with van der Waals surface area (Å²) in [6.45, 7) is 0. The van der Waals surface area contributed by atoms with Crippen LogP contribution in [0.3, 0.4) is 0 Å². The molecule has 2 aromatic heterocycles. The van der Waals surface area contributed by atoms with E-state index in [0.29, 0.717) is 17.0 Å². The van der Waals surface area contributed by atoms with E-state index >= 15 is 0 Å². The van der Waals surface area contributed by atoms with Crippen LogP contribution in [-0.2, 0) is 0 Å². The van der Waals surface area contributed by atoms with Gasteiger partial charge in [-0.3, -0.25) is 4.79 Å². The predicted molar refractivity (Wildman–Crippen MR) is 102 cm³/mol. The van der Waals surface area contributed by atoms with Crippen molar-refractivity contribution in [3.05, 3.63) is 68.9 Å². The van der Waals surface area contributed by atoms with Gasteiger partial charge < -0.3 is 10.7 Å². The van der Waals surface area contributed by atoms with Crippen molar-refractivity contribution in [3.63, 3.8) is 0 Å². The number of anilines is 1. The first kappa shape index (κ1) is 16.1. The van der Waals surface area contributed by atoms with Gasteiger partial charge in [0.2, 0.25) is 11.1 Å². The summed E-state index contributed by atoms with van der Waals surface area (Å²) in [6.07, 6.45) is 0. The fourth-order valence-electron chi connectivity index (χ4n) is 2.69. The van der Waals surface area contributed by atoms with Crippen molar-refractivity contribution in [1.82, 2.24) is 19.7 Å². The zero-order valence-electron chi connectivity index (χ0n) is 13.3. The molecule has 2 heterocycles. The minimum Gasteiger partial charge on any atom is -0.383 e. The van der Waals surface area contributed by atoms with Gasteiger partial charge in [0.25, 0.3) is 0 Å². The first-order valence-corrected chi connectivity index (χ1v) is 8.42. The fourth-order valence-corrected chi connectivity index (χ4v) is 2.96. The van der Waals surface area contributed by atoms with Gasteiger partial charge >= 0.3 is 0 Å². The number of nitrogens with two attached hydrogens (primary N) is 1. The van der Waals surface area contributed by atoms with Gasteiger partial charge in [-0.1, -0.05) is 28.1 Å². The molecule has 7 nitrogen and oxygen atoms in total. The summed E-state index contributed by atoms with van der Waals surface area (Å²) in [5, 5.41) is 13.4. The molecule has 4 aromatic rings. The number of aromatic amines is 1. The molecule has 4 rings (SSSR count). The Kier molecular flexibility index (Phi) is 3.78. The van der Waals surface area contributed by atoms with E-state index in [1.54, 1.807) is 12.1 Å². The van der Waals surface area contributed by atoms with Crippen molar-refractivity contribution in [3.8, 4) is 23.1 Å². The van der Waals surface area contributed by atoms with Crippen LogP contribution in [0, 0.1) is 11.3 Å². The topological polar surface area (TPSA) is 113 Å². The van der Waals surface area contributed by atoms with Gasteiger partial charge in [0.1, 0.15) is 23.3 Å². The van der Waals surface area contributed by atoms with Crippen LogP contribution in [0.5, 0.6) is 0 Å². The summed E-state index contributed by atoms with van der Waals surface area (Å²) < 4.78 is 2.26. The van der Waals surface area contributed by atoms with Crippen molar-refractivity contribution in [2.75, 3.05) is 5.73 Å². The molecule has 0 atom stereocenters. The molecule has 8 heteroatoms. The second kappa shape index (κ2) is 6.13. The van der Waals surface area contributed by atoms with Crippen molar-refractivity contribution in [2.45, 2.75) is 0 Å². The molecule has 26 heavy (non-hydrogen) atoms.